The number of oxime groups is 1. The molecule has 1 atom stereocenters. The summed E-state index contributed by atoms with van der Waals surface area (Å²) in [6.07, 6.45) is 1.07. The van der Waals surface area contributed by atoms with Crippen LogP contribution in [-0.2, 0) is 16.1 Å². The lowest BCUT2D eigenvalue weighted by Crippen LogP contribution is -2.13. The average molecular weight is 250 g/mol. The number of rotatable bonds is 5. The highest BCUT2D eigenvalue weighted by Crippen LogP contribution is 2.14. The Balaban J connectivity index is 1.85. The van der Waals surface area contributed by atoms with Crippen LogP contribution >= 0.6 is 0 Å². The van der Waals surface area contributed by atoms with E-state index < -0.39 is 0 Å². The topological polar surface area (TPSA) is 77.1 Å². The summed E-state index contributed by atoms with van der Waals surface area (Å²) >= 11 is 0. The second-order valence-corrected chi connectivity index (χ2v) is 4.43. The molecular weight excluding hydrogens is 232 g/mol. The van der Waals surface area contributed by atoms with Crippen LogP contribution in [0.15, 0.2) is 29.4 Å². The third-order valence-corrected chi connectivity index (χ3v) is 2.98. The lowest BCUT2D eigenvalue weighted by molar-refractivity contribution is 0.0791. The molecule has 1 fully saturated rings. The SMILES string of the molecule is NC(=NO)c1cccc(COCC2CCOC2)c1. The monoisotopic (exact) mass is 250 g/mol. The average Bonchev–Trinajstić information content (AvgIpc) is 2.91. The first-order valence-corrected chi connectivity index (χ1v) is 6.02. The first-order chi connectivity index (χ1) is 8.79. The van der Waals surface area contributed by atoms with E-state index in [9.17, 15) is 0 Å². The summed E-state index contributed by atoms with van der Waals surface area (Å²) in [5.74, 6) is 0.623. The number of nitrogens with two attached hydrogens (primary N) is 1. The van der Waals surface area contributed by atoms with E-state index in [1.165, 1.54) is 0 Å². The maximum atomic E-state index is 8.62. The lowest BCUT2D eigenvalue weighted by atomic mass is 10.1. The maximum Gasteiger partial charge on any atom is 0.170 e. The number of hydrogen-bond acceptors (Lipinski definition) is 4. The summed E-state index contributed by atoms with van der Waals surface area (Å²) < 4.78 is 10.9. The zero-order valence-electron chi connectivity index (χ0n) is 10.2. The van der Waals surface area contributed by atoms with Crippen LogP contribution in [0.4, 0.5) is 0 Å². The molecule has 2 rings (SSSR count). The van der Waals surface area contributed by atoms with Gasteiger partial charge >= 0.3 is 0 Å². The van der Waals surface area contributed by atoms with E-state index in [1.807, 2.05) is 18.2 Å². The molecule has 18 heavy (non-hydrogen) atoms. The van der Waals surface area contributed by atoms with Gasteiger partial charge in [0.15, 0.2) is 5.84 Å². The summed E-state index contributed by atoms with van der Waals surface area (Å²) in [5, 5.41) is 11.6. The van der Waals surface area contributed by atoms with Crippen LogP contribution in [0.2, 0.25) is 0 Å². The van der Waals surface area contributed by atoms with E-state index in [2.05, 4.69) is 5.16 Å². The van der Waals surface area contributed by atoms with Gasteiger partial charge in [-0.05, 0) is 18.1 Å². The molecule has 1 unspecified atom stereocenters. The summed E-state index contributed by atoms with van der Waals surface area (Å²) in [6.45, 7) is 2.88. The van der Waals surface area contributed by atoms with Gasteiger partial charge in [-0.1, -0.05) is 23.4 Å². The van der Waals surface area contributed by atoms with Crippen molar-refractivity contribution in [2.45, 2.75) is 13.0 Å². The molecule has 0 spiro atoms. The van der Waals surface area contributed by atoms with Gasteiger partial charge in [0.2, 0.25) is 0 Å². The quantitative estimate of drug-likeness (QED) is 0.358. The Hall–Kier alpha value is -1.59. The highest BCUT2D eigenvalue weighted by atomic mass is 16.5. The molecule has 0 bridgehead atoms. The van der Waals surface area contributed by atoms with Gasteiger partial charge in [-0.2, -0.15) is 0 Å². The molecule has 1 saturated heterocycles. The van der Waals surface area contributed by atoms with E-state index in [0.29, 0.717) is 24.7 Å². The van der Waals surface area contributed by atoms with Crippen LogP contribution in [0.25, 0.3) is 0 Å². The summed E-state index contributed by atoms with van der Waals surface area (Å²) in [7, 11) is 0. The van der Waals surface area contributed by atoms with Crippen molar-refractivity contribution in [3.63, 3.8) is 0 Å². The molecule has 98 valence electrons. The predicted octanol–water partition coefficient (Wildman–Crippen LogP) is 1.33. The lowest BCUT2D eigenvalue weighted by Gasteiger charge is -2.09. The third kappa shape index (κ3) is 3.45. The molecule has 0 radical (unpaired) electrons. The normalized spacial score (nSPS) is 20.2. The largest absolute Gasteiger partial charge is 0.409 e. The van der Waals surface area contributed by atoms with Crippen LogP contribution in [-0.4, -0.2) is 30.9 Å². The van der Waals surface area contributed by atoms with Crippen LogP contribution in [0.3, 0.4) is 0 Å². The second-order valence-electron chi connectivity index (χ2n) is 4.43. The minimum Gasteiger partial charge on any atom is -0.409 e. The smallest absolute Gasteiger partial charge is 0.170 e. The van der Waals surface area contributed by atoms with Gasteiger partial charge < -0.3 is 20.4 Å². The van der Waals surface area contributed by atoms with Crippen molar-refractivity contribution in [1.82, 2.24) is 0 Å². The first kappa shape index (κ1) is 12.9. The zero-order chi connectivity index (χ0) is 12.8. The van der Waals surface area contributed by atoms with Crippen LogP contribution < -0.4 is 5.73 Å². The molecule has 0 amide bonds. The van der Waals surface area contributed by atoms with Crippen molar-refractivity contribution in [1.29, 1.82) is 0 Å². The molecular formula is C13H18N2O3. The fourth-order valence-corrected chi connectivity index (χ4v) is 1.94. The molecule has 1 heterocycles. The number of hydrogen-bond donors (Lipinski definition) is 2. The van der Waals surface area contributed by atoms with E-state index in [1.54, 1.807) is 6.07 Å². The minimum absolute atomic E-state index is 0.112. The van der Waals surface area contributed by atoms with Gasteiger partial charge in [0.1, 0.15) is 0 Å². The number of amidine groups is 1. The molecule has 0 aliphatic carbocycles. The zero-order valence-corrected chi connectivity index (χ0v) is 10.2. The van der Waals surface area contributed by atoms with E-state index in [-0.39, 0.29) is 5.84 Å². The maximum absolute atomic E-state index is 8.62. The molecule has 5 heteroatoms. The number of benzene rings is 1. The van der Waals surface area contributed by atoms with Gasteiger partial charge in [-0.25, -0.2) is 0 Å². The fourth-order valence-electron chi connectivity index (χ4n) is 1.94. The Labute approximate surface area is 106 Å². The van der Waals surface area contributed by atoms with Crippen LogP contribution in [0.1, 0.15) is 17.5 Å². The Bertz CT molecular complexity index is 414. The second kappa shape index (κ2) is 6.37. The van der Waals surface area contributed by atoms with Gasteiger partial charge in [0.25, 0.3) is 0 Å². The Morgan fingerprint density at radius 2 is 2.44 bits per heavy atom. The first-order valence-electron chi connectivity index (χ1n) is 6.02. The van der Waals surface area contributed by atoms with Gasteiger partial charge in [0, 0.05) is 18.1 Å². The molecule has 0 saturated carbocycles. The van der Waals surface area contributed by atoms with E-state index in [4.69, 9.17) is 20.4 Å². The molecule has 0 aromatic heterocycles. The highest BCUT2D eigenvalue weighted by molar-refractivity contribution is 5.97. The van der Waals surface area contributed by atoms with Gasteiger partial charge in [0.05, 0.1) is 19.8 Å². The number of ether oxygens (including phenoxy) is 2. The van der Waals surface area contributed by atoms with E-state index in [0.717, 1.165) is 25.2 Å². The molecule has 1 aliphatic rings. The molecule has 1 aromatic rings. The third-order valence-electron chi connectivity index (χ3n) is 2.98. The number of nitrogens with zero attached hydrogens (tertiary/aromatic N) is 1. The van der Waals surface area contributed by atoms with Crippen molar-refractivity contribution in [2.24, 2.45) is 16.8 Å². The summed E-state index contributed by atoms with van der Waals surface area (Å²) in [6, 6.07) is 7.48. The van der Waals surface area contributed by atoms with Crippen LogP contribution in [0, 0.1) is 5.92 Å². The Morgan fingerprint density at radius 1 is 1.56 bits per heavy atom. The van der Waals surface area contributed by atoms with E-state index >= 15 is 0 Å². The fraction of sp³-hybridized carbons (Fsp3) is 0.462. The summed E-state index contributed by atoms with van der Waals surface area (Å²) in [5.41, 5.74) is 7.24. The van der Waals surface area contributed by atoms with Crippen molar-refractivity contribution in [2.75, 3.05) is 19.8 Å². The van der Waals surface area contributed by atoms with Crippen LogP contribution in [0.5, 0.6) is 0 Å². The van der Waals surface area contributed by atoms with Crippen molar-refractivity contribution in [3.8, 4) is 0 Å². The minimum atomic E-state index is 0.112. The van der Waals surface area contributed by atoms with Crippen molar-refractivity contribution in [3.05, 3.63) is 35.4 Å². The molecule has 5 nitrogen and oxygen atoms in total. The standard InChI is InChI=1S/C13H18N2O3/c14-13(15-16)12-3-1-2-10(6-12)7-18-9-11-4-5-17-8-11/h1-3,6,11,16H,4-5,7-9H2,(H2,14,15). The van der Waals surface area contributed by atoms with Gasteiger partial charge in [-0.15, -0.1) is 0 Å². The van der Waals surface area contributed by atoms with Crippen molar-refractivity contribution >= 4 is 5.84 Å². The Kier molecular flexibility index (Phi) is 4.55. The molecule has 3 N–H and O–H groups in total. The highest BCUT2D eigenvalue weighted by Gasteiger charge is 2.15. The molecule has 1 aliphatic heterocycles. The Morgan fingerprint density at radius 3 is 3.17 bits per heavy atom. The van der Waals surface area contributed by atoms with Gasteiger partial charge in [-0.3, -0.25) is 0 Å². The van der Waals surface area contributed by atoms with Crippen molar-refractivity contribution < 1.29 is 14.7 Å². The molecule has 1 aromatic carbocycles. The summed E-state index contributed by atoms with van der Waals surface area (Å²) in [4.78, 5) is 0. The predicted molar refractivity (Wildman–Crippen MR) is 67.5 cm³/mol.